The highest BCUT2D eigenvalue weighted by molar-refractivity contribution is 5.70. The maximum Gasteiger partial charge on any atom is 0.308 e. The lowest BCUT2D eigenvalue weighted by molar-refractivity contribution is -0.387. The predicted octanol–water partition coefficient (Wildman–Crippen LogP) is 1.50. The molecule has 80 valence electrons. The summed E-state index contributed by atoms with van der Waals surface area (Å²) in [6, 6.07) is 1.32. The zero-order valence-electron chi connectivity index (χ0n) is 7.24. The van der Waals surface area contributed by atoms with Gasteiger partial charge in [-0.05, 0) is 11.6 Å². The van der Waals surface area contributed by atoms with Gasteiger partial charge in [0.1, 0.15) is 0 Å². The normalized spacial score (nSPS) is 10.0. The molecule has 0 aliphatic carbocycles. The molecule has 0 saturated carbocycles. The van der Waals surface area contributed by atoms with E-state index in [1.807, 2.05) is 0 Å². The highest BCUT2D eigenvalue weighted by atomic mass is 19.2. The number of aliphatic carboxylic acids is 1. The first-order chi connectivity index (χ1) is 6.91. The fraction of sp³-hybridized carbons (Fsp3) is 0.125. The zero-order valence-corrected chi connectivity index (χ0v) is 7.24. The van der Waals surface area contributed by atoms with Gasteiger partial charge in [-0.2, -0.15) is 4.39 Å². The second kappa shape index (κ2) is 3.99. The number of hydrogen-bond donors (Lipinski definition) is 1. The van der Waals surface area contributed by atoms with Gasteiger partial charge < -0.3 is 5.11 Å². The minimum atomic E-state index is -1.59. The molecule has 1 aromatic carbocycles. The summed E-state index contributed by atoms with van der Waals surface area (Å²) in [5.74, 6) is -4.30. The molecule has 0 unspecified atom stereocenters. The number of carboxylic acids is 1. The summed E-state index contributed by atoms with van der Waals surface area (Å²) in [6.07, 6.45) is -0.599. The van der Waals surface area contributed by atoms with Gasteiger partial charge in [0.2, 0.25) is 5.82 Å². The summed E-state index contributed by atoms with van der Waals surface area (Å²) in [5.41, 5.74) is -1.22. The van der Waals surface area contributed by atoms with Gasteiger partial charge in [0, 0.05) is 6.07 Å². The Kier molecular flexibility index (Phi) is 2.93. The van der Waals surface area contributed by atoms with Crippen LogP contribution in [0.5, 0.6) is 0 Å². The number of nitro benzene ring substituents is 1. The molecule has 0 bridgehead atoms. The van der Waals surface area contributed by atoms with Gasteiger partial charge in [-0.1, -0.05) is 0 Å². The van der Waals surface area contributed by atoms with E-state index in [0.29, 0.717) is 12.1 Å². The number of nitro groups is 1. The number of hydrogen-bond acceptors (Lipinski definition) is 3. The number of halogens is 2. The lowest BCUT2D eigenvalue weighted by Crippen LogP contribution is -2.03. The van der Waals surface area contributed by atoms with Crippen molar-refractivity contribution in [3.63, 3.8) is 0 Å². The van der Waals surface area contributed by atoms with Gasteiger partial charge in [-0.15, -0.1) is 0 Å². The van der Waals surface area contributed by atoms with Crippen molar-refractivity contribution in [1.29, 1.82) is 0 Å². The average molecular weight is 217 g/mol. The topological polar surface area (TPSA) is 80.4 Å². The molecule has 1 rings (SSSR count). The summed E-state index contributed by atoms with van der Waals surface area (Å²) < 4.78 is 25.6. The second-order valence-electron chi connectivity index (χ2n) is 2.74. The fourth-order valence-corrected chi connectivity index (χ4v) is 1.04. The second-order valence-corrected chi connectivity index (χ2v) is 2.74. The summed E-state index contributed by atoms with van der Waals surface area (Å²) in [6.45, 7) is 0. The third kappa shape index (κ3) is 2.46. The SMILES string of the molecule is O=C(O)Cc1cc(F)c(F)c([N+](=O)[O-])c1. The number of benzene rings is 1. The van der Waals surface area contributed by atoms with E-state index in [9.17, 15) is 23.7 Å². The molecule has 15 heavy (non-hydrogen) atoms. The van der Waals surface area contributed by atoms with Crippen LogP contribution < -0.4 is 0 Å². The summed E-state index contributed by atoms with van der Waals surface area (Å²) in [4.78, 5) is 19.4. The average Bonchev–Trinajstić information content (AvgIpc) is 2.09. The van der Waals surface area contributed by atoms with Crippen molar-refractivity contribution in [3.8, 4) is 0 Å². The van der Waals surface area contributed by atoms with Gasteiger partial charge in [-0.25, -0.2) is 4.39 Å². The smallest absolute Gasteiger partial charge is 0.308 e. The lowest BCUT2D eigenvalue weighted by atomic mass is 10.1. The van der Waals surface area contributed by atoms with E-state index in [1.54, 1.807) is 0 Å². The summed E-state index contributed by atoms with van der Waals surface area (Å²) in [5, 5.41) is 18.6. The van der Waals surface area contributed by atoms with Crippen molar-refractivity contribution in [3.05, 3.63) is 39.4 Å². The quantitative estimate of drug-likeness (QED) is 0.614. The number of carboxylic acid groups (broad SMARTS) is 1. The lowest BCUT2D eigenvalue weighted by Gasteiger charge is -1.99. The van der Waals surface area contributed by atoms with E-state index in [0.717, 1.165) is 0 Å². The molecule has 0 aromatic heterocycles. The van der Waals surface area contributed by atoms with Crippen LogP contribution in [0.15, 0.2) is 12.1 Å². The minimum Gasteiger partial charge on any atom is -0.481 e. The number of rotatable bonds is 3. The van der Waals surface area contributed by atoms with Crippen molar-refractivity contribution in [2.75, 3.05) is 0 Å². The van der Waals surface area contributed by atoms with E-state index < -0.39 is 34.6 Å². The first-order valence-corrected chi connectivity index (χ1v) is 3.76. The van der Waals surface area contributed by atoms with Gasteiger partial charge >= 0.3 is 11.7 Å². The molecule has 7 heteroatoms. The van der Waals surface area contributed by atoms with Gasteiger partial charge in [0.25, 0.3) is 0 Å². The van der Waals surface area contributed by atoms with Crippen molar-refractivity contribution in [1.82, 2.24) is 0 Å². The monoisotopic (exact) mass is 217 g/mol. The fourth-order valence-electron chi connectivity index (χ4n) is 1.04. The molecular weight excluding hydrogens is 212 g/mol. The van der Waals surface area contributed by atoms with Crippen molar-refractivity contribution in [2.24, 2.45) is 0 Å². The molecule has 1 aromatic rings. The molecular formula is C8H5F2NO4. The molecule has 0 atom stereocenters. The van der Waals surface area contributed by atoms with E-state index in [1.165, 1.54) is 0 Å². The zero-order chi connectivity index (χ0) is 11.6. The molecule has 5 nitrogen and oxygen atoms in total. The van der Waals surface area contributed by atoms with E-state index in [-0.39, 0.29) is 5.56 Å². The van der Waals surface area contributed by atoms with Crippen LogP contribution >= 0.6 is 0 Å². The summed E-state index contributed by atoms with van der Waals surface area (Å²) >= 11 is 0. The van der Waals surface area contributed by atoms with Gasteiger partial charge in [0.15, 0.2) is 5.82 Å². The number of carbonyl (C=O) groups is 1. The van der Waals surface area contributed by atoms with E-state index >= 15 is 0 Å². The van der Waals surface area contributed by atoms with Crippen molar-refractivity contribution < 1.29 is 23.6 Å². The maximum atomic E-state index is 12.8. The Hall–Kier alpha value is -2.05. The molecule has 0 spiro atoms. The van der Waals surface area contributed by atoms with E-state index in [2.05, 4.69) is 0 Å². The predicted molar refractivity (Wildman–Crippen MR) is 44.4 cm³/mol. The molecule has 0 fully saturated rings. The molecule has 1 N–H and O–H groups in total. The highest BCUT2D eigenvalue weighted by Gasteiger charge is 2.20. The highest BCUT2D eigenvalue weighted by Crippen LogP contribution is 2.22. The summed E-state index contributed by atoms with van der Waals surface area (Å²) in [7, 11) is 0. The maximum absolute atomic E-state index is 12.8. The van der Waals surface area contributed by atoms with Crippen LogP contribution in [0.4, 0.5) is 14.5 Å². The Morgan fingerprint density at radius 2 is 2.07 bits per heavy atom. The van der Waals surface area contributed by atoms with Crippen LogP contribution in [0.3, 0.4) is 0 Å². The van der Waals surface area contributed by atoms with Crippen molar-refractivity contribution in [2.45, 2.75) is 6.42 Å². The van der Waals surface area contributed by atoms with E-state index in [4.69, 9.17) is 5.11 Å². The van der Waals surface area contributed by atoms with Crippen LogP contribution in [0.2, 0.25) is 0 Å². The number of nitrogens with zero attached hydrogens (tertiary/aromatic N) is 1. The Balaban J connectivity index is 3.23. The van der Waals surface area contributed by atoms with Gasteiger partial charge in [-0.3, -0.25) is 14.9 Å². The Bertz CT molecular complexity index is 433. The van der Waals surface area contributed by atoms with Crippen LogP contribution in [0, 0.1) is 21.7 Å². The molecule has 0 radical (unpaired) electrons. The molecule has 0 saturated heterocycles. The van der Waals surface area contributed by atoms with Crippen LogP contribution in [-0.2, 0) is 11.2 Å². The van der Waals surface area contributed by atoms with Crippen molar-refractivity contribution >= 4 is 11.7 Å². The molecule has 0 aliphatic rings. The van der Waals surface area contributed by atoms with Crippen LogP contribution in [0.25, 0.3) is 0 Å². The third-order valence-electron chi connectivity index (χ3n) is 1.62. The first-order valence-electron chi connectivity index (χ1n) is 3.76. The Morgan fingerprint density at radius 3 is 2.53 bits per heavy atom. The molecule has 0 amide bonds. The first kappa shape index (κ1) is 11.0. The Labute approximate surface area is 82.1 Å². The minimum absolute atomic E-state index is 0.159. The van der Waals surface area contributed by atoms with Crippen LogP contribution in [0.1, 0.15) is 5.56 Å². The third-order valence-corrected chi connectivity index (χ3v) is 1.62. The largest absolute Gasteiger partial charge is 0.481 e. The van der Waals surface area contributed by atoms with Gasteiger partial charge in [0.05, 0.1) is 11.3 Å². The standard InChI is InChI=1S/C8H5F2NO4/c9-5-1-4(3-7(12)13)2-6(8(5)10)11(14)15/h1-2H,3H2,(H,12,13). The Morgan fingerprint density at radius 1 is 1.47 bits per heavy atom. The van der Waals surface area contributed by atoms with Crippen LogP contribution in [-0.4, -0.2) is 16.0 Å². The molecule has 0 heterocycles. The molecule has 0 aliphatic heterocycles.